The van der Waals surface area contributed by atoms with E-state index < -0.39 is 0 Å². The average molecular weight is 353 g/mol. The number of anilines is 1. The lowest BCUT2D eigenvalue weighted by Crippen LogP contribution is -2.31. The van der Waals surface area contributed by atoms with Crippen molar-refractivity contribution in [1.29, 1.82) is 0 Å². The summed E-state index contributed by atoms with van der Waals surface area (Å²) >= 11 is 3.34. The maximum absolute atomic E-state index is 12.2. The first-order chi connectivity index (χ1) is 11.7. The van der Waals surface area contributed by atoms with E-state index in [2.05, 4.69) is 51.4 Å². The molecule has 4 nitrogen and oxygen atoms in total. The Morgan fingerprint density at radius 1 is 1.29 bits per heavy atom. The van der Waals surface area contributed by atoms with Gasteiger partial charge in [0.1, 0.15) is 0 Å². The maximum atomic E-state index is 12.2. The molecule has 0 amide bonds. The van der Waals surface area contributed by atoms with Crippen LogP contribution in [-0.4, -0.2) is 15.7 Å². The molecule has 6 heteroatoms. The summed E-state index contributed by atoms with van der Waals surface area (Å²) in [6, 6.07) is 4.27. The van der Waals surface area contributed by atoms with Gasteiger partial charge in [-0.3, -0.25) is 4.79 Å². The minimum absolute atomic E-state index is 0.261. The molecule has 0 saturated heterocycles. The summed E-state index contributed by atoms with van der Waals surface area (Å²) in [4.78, 5) is 12.2. The molecule has 4 rings (SSSR count). The van der Waals surface area contributed by atoms with Gasteiger partial charge in [-0.05, 0) is 50.9 Å². The van der Waals surface area contributed by atoms with Crippen LogP contribution in [0.3, 0.4) is 0 Å². The van der Waals surface area contributed by atoms with Gasteiger partial charge in [0.25, 0.3) is 5.91 Å². The van der Waals surface area contributed by atoms with Crippen molar-refractivity contribution >= 4 is 40.5 Å². The largest absolute Gasteiger partial charge is 0.382 e. The summed E-state index contributed by atoms with van der Waals surface area (Å²) in [6.45, 7) is 3.57. The van der Waals surface area contributed by atoms with Crippen molar-refractivity contribution in [2.24, 2.45) is 0 Å². The zero-order valence-corrected chi connectivity index (χ0v) is 14.4. The van der Waals surface area contributed by atoms with E-state index in [-0.39, 0.29) is 11.3 Å². The molecule has 120 valence electrons. The van der Waals surface area contributed by atoms with E-state index in [1.54, 1.807) is 22.7 Å². The van der Waals surface area contributed by atoms with Crippen LogP contribution in [0, 0.1) is 0 Å². The normalized spacial score (nSPS) is 15.2. The van der Waals surface area contributed by atoms with E-state index in [0.29, 0.717) is 12.2 Å². The van der Waals surface area contributed by atoms with Gasteiger partial charge >= 0.3 is 0 Å². The number of hydrogen-bond donors (Lipinski definition) is 1. The number of thiophene rings is 2. The number of nitrogens with zero attached hydrogens (tertiary/aromatic N) is 2. The quantitative estimate of drug-likeness (QED) is 0.725. The van der Waals surface area contributed by atoms with Gasteiger partial charge in [0, 0.05) is 17.4 Å². The Kier molecular flexibility index (Phi) is 3.51. The van der Waals surface area contributed by atoms with Gasteiger partial charge in [0.2, 0.25) is 0 Å². The Balaban J connectivity index is 1.93. The number of allylic oxidation sites excluding steroid dienone is 2. The molecule has 24 heavy (non-hydrogen) atoms. The Labute approximate surface area is 147 Å². The van der Waals surface area contributed by atoms with E-state index in [1.807, 2.05) is 6.08 Å². The predicted octanol–water partition coefficient (Wildman–Crippen LogP) is 3.97. The molecule has 0 unspecified atom stereocenters. The molecule has 0 atom stereocenters. The zero-order chi connectivity index (χ0) is 16.7. The third-order valence-electron chi connectivity index (χ3n) is 4.49. The minimum Gasteiger partial charge on any atom is -0.382 e. The monoisotopic (exact) mass is 353 g/mol. The number of carbonyl (C=O) groups excluding carboxylic acids is 1. The topological polar surface area (TPSA) is 60.9 Å². The highest BCUT2D eigenvalue weighted by Gasteiger charge is 2.38. The van der Waals surface area contributed by atoms with E-state index in [4.69, 9.17) is 5.73 Å². The standard InChI is InChI=1S/C18H15N3OS2/c1-2-16(22)21-15-9-18(12-4-7-23-10-12,13-5-8-24-11-13)6-3-14(15)17(19)20-21/h2-8,10-11H,1,9H2,(H2,19,20). The highest BCUT2D eigenvalue weighted by Crippen LogP contribution is 2.44. The summed E-state index contributed by atoms with van der Waals surface area (Å²) in [5, 5.41) is 12.7. The van der Waals surface area contributed by atoms with Gasteiger partial charge in [-0.1, -0.05) is 18.7 Å². The van der Waals surface area contributed by atoms with Crippen LogP contribution >= 0.6 is 22.7 Å². The second-order valence-corrected chi connectivity index (χ2v) is 7.27. The van der Waals surface area contributed by atoms with Gasteiger partial charge in [-0.25, -0.2) is 0 Å². The summed E-state index contributed by atoms with van der Waals surface area (Å²) < 4.78 is 1.38. The molecular formula is C18H15N3OS2. The molecule has 0 bridgehead atoms. The molecule has 3 aromatic rings. The second-order valence-electron chi connectivity index (χ2n) is 5.71. The predicted molar refractivity (Wildman–Crippen MR) is 99.6 cm³/mol. The Morgan fingerprint density at radius 3 is 2.50 bits per heavy atom. The van der Waals surface area contributed by atoms with Crippen LogP contribution in [0.5, 0.6) is 0 Å². The third kappa shape index (κ3) is 2.11. The van der Waals surface area contributed by atoms with E-state index in [9.17, 15) is 4.79 Å². The first-order valence-corrected chi connectivity index (χ1v) is 9.33. The van der Waals surface area contributed by atoms with Crippen molar-refractivity contribution in [3.8, 4) is 0 Å². The summed E-state index contributed by atoms with van der Waals surface area (Å²) in [7, 11) is 0. The van der Waals surface area contributed by atoms with Gasteiger partial charge in [-0.15, -0.1) is 5.10 Å². The fourth-order valence-corrected chi connectivity index (χ4v) is 4.73. The van der Waals surface area contributed by atoms with Gasteiger partial charge < -0.3 is 5.73 Å². The van der Waals surface area contributed by atoms with Gasteiger partial charge in [0.15, 0.2) is 5.82 Å². The number of aromatic nitrogens is 2. The van der Waals surface area contributed by atoms with Crippen molar-refractivity contribution in [3.05, 3.63) is 74.8 Å². The molecule has 2 N–H and O–H groups in total. The fraction of sp³-hybridized carbons (Fsp3) is 0.111. The molecule has 3 heterocycles. The summed E-state index contributed by atoms with van der Waals surface area (Å²) in [5.74, 6) is 0.114. The highest BCUT2D eigenvalue weighted by atomic mass is 32.1. The Hall–Kier alpha value is -2.44. The van der Waals surface area contributed by atoms with Crippen molar-refractivity contribution in [3.63, 3.8) is 0 Å². The number of hydrogen-bond acceptors (Lipinski definition) is 5. The summed E-state index contributed by atoms with van der Waals surface area (Å²) in [6.07, 6.45) is 6.07. The first-order valence-electron chi connectivity index (χ1n) is 7.44. The highest BCUT2D eigenvalue weighted by molar-refractivity contribution is 7.08. The van der Waals surface area contributed by atoms with Crippen LogP contribution in [0.15, 0.2) is 52.4 Å². The number of rotatable bonds is 3. The van der Waals surface area contributed by atoms with Crippen LogP contribution in [-0.2, 0) is 11.8 Å². The zero-order valence-electron chi connectivity index (χ0n) is 12.8. The summed E-state index contributed by atoms with van der Waals surface area (Å²) in [5.41, 5.74) is 9.79. The van der Waals surface area contributed by atoms with Crippen LogP contribution in [0.25, 0.3) is 6.08 Å². The lowest BCUT2D eigenvalue weighted by molar-refractivity contribution is 0.0950. The Bertz CT molecular complexity index is 899. The molecule has 0 spiro atoms. The SMILES string of the molecule is C=CC(=O)n1nc(N)c2c1CC(c1ccsc1)(c1ccsc1)C=C2. The molecule has 0 aliphatic heterocycles. The molecule has 0 saturated carbocycles. The van der Waals surface area contributed by atoms with Gasteiger partial charge in [0.05, 0.1) is 5.69 Å². The van der Waals surface area contributed by atoms with Gasteiger partial charge in [-0.2, -0.15) is 27.4 Å². The van der Waals surface area contributed by atoms with Crippen LogP contribution < -0.4 is 5.73 Å². The maximum Gasteiger partial charge on any atom is 0.270 e. The molecule has 0 fully saturated rings. The van der Waals surface area contributed by atoms with Crippen molar-refractivity contribution in [2.75, 3.05) is 5.73 Å². The van der Waals surface area contributed by atoms with E-state index >= 15 is 0 Å². The van der Waals surface area contributed by atoms with Crippen molar-refractivity contribution in [2.45, 2.75) is 11.8 Å². The van der Waals surface area contributed by atoms with E-state index in [1.165, 1.54) is 21.9 Å². The fourth-order valence-electron chi connectivity index (χ4n) is 3.25. The number of carbonyl (C=O) groups is 1. The minimum atomic E-state index is -0.307. The molecule has 0 aromatic carbocycles. The van der Waals surface area contributed by atoms with Crippen LogP contribution in [0.2, 0.25) is 0 Å². The third-order valence-corrected chi connectivity index (χ3v) is 5.85. The number of fused-ring (bicyclic) bond motifs is 1. The van der Waals surface area contributed by atoms with Crippen molar-refractivity contribution in [1.82, 2.24) is 9.78 Å². The van der Waals surface area contributed by atoms with Crippen LogP contribution in [0.1, 0.15) is 27.2 Å². The average Bonchev–Trinajstić information content (AvgIpc) is 3.35. The smallest absolute Gasteiger partial charge is 0.270 e. The molecule has 0 radical (unpaired) electrons. The molecular weight excluding hydrogens is 338 g/mol. The number of nitrogens with two attached hydrogens (primary N) is 1. The lowest BCUT2D eigenvalue weighted by atomic mass is 9.70. The first kappa shape index (κ1) is 15.1. The van der Waals surface area contributed by atoms with Crippen LogP contribution in [0.4, 0.5) is 5.82 Å². The van der Waals surface area contributed by atoms with Crippen molar-refractivity contribution < 1.29 is 4.79 Å². The molecule has 1 aliphatic carbocycles. The lowest BCUT2D eigenvalue weighted by Gasteiger charge is -2.33. The molecule has 1 aliphatic rings. The Morgan fingerprint density at radius 2 is 1.96 bits per heavy atom. The van der Waals surface area contributed by atoms with E-state index in [0.717, 1.165) is 11.3 Å². The number of nitrogen functional groups attached to an aromatic ring is 1. The molecule has 3 aromatic heterocycles. The second kappa shape index (κ2) is 5.58.